The van der Waals surface area contributed by atoms with Crippen molar-refractivity contribution in [2.24, 2.45) is 11.8 Å². The van der Waals surface area contributed by atoms with E-state index in [9.17, 15) is 4.79 Å². The fraction of sp³-hybridized carbons (Fsp3) is 0.667. The molecule has 4 rings (SSSR count). The lowest BCUT2D eigenvalue weighted by molar-refractivity contribution is -0.135. The van der Waals surface area contributed by atoms with Gasteiger partial charge in [0.15, 0.2) is 0 Å². The summed E-state index contributed by atoms with van der Waals surface area (Å²) < 4.78 is 5.25. The van der Waals surface area contributed by atoms with E-state index in [-0.39, 0.29) is 5.41 Å². The molecule has 2 aliphatic heterocycles. The van der Waals surface area contributed by atoms with Gasteiger partial charge in [-0.1, -0.05) is 25.5 Å². The van der Waals surface area contributed by atoms with Crippen molar-refractivity contribution in [3.63, 3.8) is 0 Å². The number of carbonyl (C=O) groups excluding carboxylic acids is 1. The number of methoxy groups -OCH3 is 1. The molecule has 0 spiro atoms. The van der Waals surface area contributed by atoms with E-state index in [2.05, 4.69) is 34.8 Å². The molecule has 1 amide bonds. The highest BCUT2D eigenvalue weighted by Crippen LogP contribution is 2.50. The van der Waals surface area contributed by atoms with Crippen molar-refractivity contribution >= 4 is 5.91 Å². The number of benzene rings is 1. The summed E-state index contributed by atoms with van der Waals surface area (Å²) in [6.45, 7) is 5.14. The highest BCUT2D eigenvalue weighted by molar-refractivity contribution is 5.91. The first-order valence-corrected chi connectivity index (χ1v) is 10.1. The van der Waals surface area contributed by atoms with Crippen LogP contribution in [-0.4, -0.2) is 43.6 Å². The van der Waals surface area contributed by atoms with Gasteiger partial charge in [0, 0.05) is 25.7 Å². The van der Waals surface area contributed by atoms with Crippen LogP contribution in [0, 0.1) is 11.8 Å². The first kappa shape index (κ1) is 17.8. The Kier molecular flexibility index (Phi) is 4.93. The van der Waals surface area contributed by atoms with Crippen molar-refractivity contribution in [2.45, 2.75) is 50.5 Å². The van der Waals surface area contributed by atoms with Gasteiger partial charge in [0.2, 0.25) is 5.91 Å². The number of ether oxygens (including phenoxy) is 1. The molecule has 2 atom stereocenters. The van der Waals surface area contributed by atoms with Crippen LogP contribution in [0.3, 0.4) is 0 Å². The third kappa shape index (κ3) is 3.12. The Morgan fingerprint density at radius 2 is 1.92 bits per heavy atom. The molecule has 5 heteroatoms. The van der Waals surface area contributed by atoms with Gasteiger partial charge in [-0.15, -0.1) is 0 Å². The van der Waals surface area contributed by atoms with Crippen LogP contribution >= 0.6 is 0 Å². The molecular weight excluding hydrogens is 326 g/mol. The quantitative estimate of drug-likeness (QED) is 0.850. The second kappa shape index (κ2) is 7.20. The van der Waals surface area contributed by atoms with Crippen molar-refractivity contribution in [3.05, 3.63) is 29.8 Å². The van der Waals surface area contributed by atoms with Crippen molar-refractivity contribution in [2.75, 3.05) is 26.7 Å². The molecule has 1 aliphatic carbocycles. The zero-order valence-electron chi connectivity index (χ0n) is 16.0. The molecule has 0 aromatic heterocycles. The van der Waals surface area contributed by atoms with Crippen LogP contribution < -0.4 is 15.6 Å². The number of hydrogen-bond acceptors (Lipinski definition) is 4. The van der Waals surface area contributed by atoms with E-state index in [1.807, 2.05) is 12.1 Å². The maximum atomic E-state index is 13.3. The van der Waals surface area contributed by atoms with E-state index in [1.54, 1.807) is 7.11 Å². The normalized spacial score (nSPS) is 28.2. The molecule has 2 heterocycles. The third-order valence-corrected chi connectivity index (χ3v) is 6.80. The SMILES string of the molecule is CCC1CNNC1C1CCN(C(=O)C2(c3ccc(OC)cc3)CC2)CC1. The minimum Gasteiger partial charge on any atom is -0.497 e. The van der Waals surface area contributed by atoms with Gasteiger partial charge in [-0.25, -0.2) is 0 Å². The van der Waals surface area contributed by atoms with Crippen LogP contribution in [0.2, 0.25) is 0 Å². The summed E-state index contributed by atoms with van der Waals surface area (Å²) in [5, 5.41) is 0. The number of rotatable bonds is 5. The maximum Gasteiger partial charge on any atom is 0.233 e. The number of nitrogens with zero attached hydrogens (tertiary/aromatic N) is 1. The second-order valence-corrected chi connectivity index (χ2v) is 8.16. The van der Waals surface area contributed by atoms with E-state index in [0.29, 0.717) is 17.9 Å². The lowest BCUT2D eigenvalue weighted by Crippen LogP contribution is -2.48. The van der Waals surface area contributed by atoms with E-state index in [4.69, 9.17) is 4.74 Å². The average Bonchev–Trinajstić information content (AvgIpc) is 3.37. The third-order valence-electron chi connectivity index (χ3n) is 6.80. The molecule has 2 saturated heterocycles. The van der Waals surface area contributed by atoms with Crippen molar-refractivity contribution in [1.29, 1.82) is 0 Å². The Bertz CT molecular complexity index is 633. The van der Waals surface area contributed by atoms with Gasteiger partial charge < -0.3 is 9.64 Å². The Balaban J connectivity index is 1.39. The topological polar surface area (TPSA) is 53.6 Å². The van der Waals surface area contributed by atoms with Crippen LogP contribution in [0.4, 0.5) is 0 Å². The molecule has 1 aromatic rings. The molecule has 2 unspecified atom stereocenters. The minimum absolute atomic E-state index is 0.266. The second-order valence-electron chi connectivity index (χ2n) is 8.16. The Morgan fingerprint density at radius 3 is 2.50 bits per heavy atom. The number of likely N-dealkylation sites (tertiary alicyclic amines) is 1. The Hall–Kier alpha value is -1.59. The van der Waals surface area contributed by atoms with Gasteiger partial charge >= 0.3 is 0 Å². The lowest BCUT2D eigenvalue weighted by atomic mass is 9.82. The molecule has 2 N–H and O–H groups in total. The van der Waals surface area contributed by atoms with Crippen LogP contribution in [0.1, 0.15) is 44.6 Å². The van der Waals surface area contributed by atoms with Gasteiger partial charge in [-0.2, -0.15) is 0 Å². The van der Waals surface area contributed by atoms with Gasteiger partial charge in [0.1, 0.15) is 5.75 Å². The molecule has 5 nitrogen and oxygen atoms in total. The molecule has 3 fully saturated rings. The number of amides is 1. The van der Waals surface area contributed by atoms with Crippen LogP contribution in [-0.2, 0) is 10.2 Å². The predicted octanol–water partition coefficient (Wildman–Crippen LogP) is 2.47. The van der Waals surface area contributed by atoms with Gasteiger partial charge in [-0.3, -0.25) is 15.6 Å². The highest BCUT2D eigenvalue weighted by atomic mass is 16.5. The number of nitrogens with one attached hydrogen (secondary N) is 2. The van der Waals surface area contributed by atoms with Crippen molar-refractivity contribution < 1.29 is 9.53 Å². The fourth-order valence-electron chi connectivity index (χ4n) is 4.88. The molecule has 26 heavy (non-hydrogen) atoms. The molecule has 1 aromatic carbocycles. The zero-order valence-corrected chi connectivity index (χ0v) is 16.0. The summed E-state index contributed by atoms with van der Waals surface area (Å²) in [5.74, 6) is 2.58. The number of hydrogen-bond donors (Lipinski definition) is 2. The predicted molar refractivity (Wildman–Crippen MR) is 102 cm³/mol. The first-order valence-electron chi connectivity index (χ1n) is 10.1. The summed E-state index contributed by atoms with van der Waals surface area (Å²) in [6.07, 6.45) is 5.39. The largest absolute Gasteiger partial charge is 0.497 e. The summed E-state index contributed by atoms with van der Waals surface area (Å²) in [5.41, 5.74) is 7.70. The Morgan fingerprint density at radius 1 is 1.23 bits per heavy atom. The molecular formula is C21H31N3O2. The first-order chi connectivity index (χ1) is 12.7. The summed E-state index contributed by atoms with van der Waals surface area (Å²) in [7, 11) is 1.68. The molecule has 0 bridgehead atoms. The Labute approximate surface area is 156 Å². The van der Waals surface area contributed by atoms with E-state index < -0.39 is 0 Å². The van der Waals surface area contributed by atoms with E-state index in [1.165, 1.54) is 6.42 Å². The minimum atomic E-state index is -0.266. The van der Waals surface area contributed by atoms with Crippen LogP contribution in [0.5, 0.6) is 5.75 Å². The van der Waals surface area contributed by atoms with Crippen molar-refractivity contribution in [1.82, 2.24) is 15.8 Å². The van der Waals surface area contributed by atoms with Gasteiger partial charge in [-0.05, 0) is 55.2 Å². The number of carbonyl (C=O) groups is 1. The van der Waals surface area contributed by atoms with Gasteiger partial charge in [0.25, 0.3) is 0 Å². The van der Waals surface area contributed by atoms with Gasteiger partial charge in [0.05, 0.1) is 12.5 Å². The van der Waals surface area contributed by atoms with E-state index in [0.717, 1.165) is 62.5 Å². The van der Waals surface area contributed by atoms with E-state index >= 15 is 0 Å². The smallest absolute Gasteiger partial charge is 0.233 e. The molecule has 142 valence electrons. The summed E-state index contributed by atoms with van der Waals surface area (Å²) in [4.78, 5) is 15.4. The van der Waals surface area contributed by atoms with Crippen molar-refractivity contribution in [3.8, 4) is 5.75 Å². The van der Waals surface area contributed by atoms with Crippen LogP contribution in [0.15, 0.2) is 24.3 Å². The standard InChI is InChI=1S/C21H31N3O2/c1-3-15-14-22-23-19(15)16-8-12-24(13-9-16)20(25)21(10-11-21)17-4-6-18(26-2)7-5-17/h4-7,15-16,19,22-23H,3,8-14H2,1-2H3. The maximum absolute atomic E-state index is 13.3. The molecule has 0 radical (unpaired) electrons. The summed E-state index contributed by atoms with van der Waals surface area (Å²) in [6, 6.07) is 8.64. The monoisotopic (exact) mass is 357 g/mol. The average molecular weight is 357 g/mol. The highest BCUT2D eigenvalue weighted by Gasteiger charge is 2.53. The number of piperidine rings is 1. The molecule has 3 aliphatic rings. The number of hydrazine groups is 1. The lowest BCUT2D eigenvalue weighted by Gasteiger charge is -2.38. The van der Waals surface area contributed by atoms with Crippen LogP contribution in [0.25, 0.3) is 0 Å². The fourth-order valence-corrected chi connectivity index (χ4v) is 4.88. The summed E-state index contributed by atoms with van der Waals surface area (Å²) >= 11 is 0. The molecule has 1 saturated carbocycles. The zero-order chi connectivity index (χ0) is 18.1.